The first-order valence-electron chi connectivity index (χ1n) is 3.87. The molecular formula is C9H14N2. The maximum absolute atomic E-state index is 4.25. The van der Waals surface area contributed by atoms with E-state index in [0.717, 1.165) is 11.4 Å². The Balaban J connectivity index is 2.91. The average Bonchev–Trinajstić information content (AvgIpc) is 2.05. The van der Waals surface area contributed by atoms with Crippen LogP contribution in [-0.2, 0) is 0 Å². The van der Waals surface area contributed by atoms with Crippen LogP contribution in [0.4, 0.5) is 5.69 Å². The van der Waals surface area contributed by atoms with Crippen LogP contribution in [0.1, 0.15) is 25.5 Å². The Morgan fingerprint density at radius 2 is 2.18 bits per heavy atom. The maximum Gasteiger partial charge on any atom is 0.0449 e. The Hall–Kier alpha value is -1.05. The van der Waals surface area contributed by atoms with Gasteiger partial charge in [0.05, 0.1) is 0 Å². The molecule has 1 heterocycles. The molecule has 0 saturated carbocycles. The standard InChI is InChI=1S/C9H14N2/c1-7(2)9-6-8(10-3)4-5-11-9/h4-7H,1-3H3,(H,10,11). The van der Waals surface area contributed by atoms with Crippen molar-refractivity contribution in [1.82, 2.24) is 4.98 Å². The van der Waals surface area contributed by atoms with Gasteiger partial charge < -0.3 is 5.32 Å². The molecule has 1 rings (SSSR count). The summed E-state index contributed by atoms with van der Waals surface area (Å²) in [5, 5.41) is 3.08. The van der Waals surface area contributed by atoms with Crippen LogP contribution in [0.15, 0.2) is 18.3 Å². The summed E-state index contributed by atoms with van der Waals surface area (Å²) < 4.78 is 0. The fourth-order valence-corrected chi connectivity index (χ4v) is 0.920. The number of nitrogens with one attached hydrogen (secondary N) is 1. The van der Waals surface area contributed by atoms with Crippen LogP contribution in [-0.4, -0.2) is 12.0 Å². The average molecular weight is 150 g/mol. The van der Waals surface area contributed by atoms with E-state index in [9.17, 15) is 0 Å². The summed E-state index contributed by atoms with van der Waals surface area (Å²) in [4.78, 5) is 4.25. The van der Waals surface area contributed by atoms with E-state index in [4.69, 9.17) is 0 Å². The topological polar surface area (TPSA) is 24.9 Å². The molecule has 1 aromatic rings. The van der Waals surface area contributed by atoms with E-state index < -0.39 is 0 Å². The third-order valence-corrected chi connectivity index (χ3v) is 1.66. The highest BCUT2D eigenvalue weighted by molar-refractivity contribution is 5.42. The number of hydrogen-bond acceptors (Lipinski definition) is 2. The summed E-state index contributed by atoms with van der Waals surface area (Å²) in [5.41, 5.74) is 2.26. The van der Waals surface area contributed by atoms with Crippen molar-refractivity contribution in [3.8, 4) is 0 Å². The second-order valence-electron chi connectivity index (χ2n) is 2.87. The van der Waals surface area contributed by atoms with Gasteiger partial charge in [-0.3, -0.25) is 4.98 Å². The second kappa shape index (κ2) is 3.37. The van der Waals surface area contributed by atoms with E-state index in [1.165, 1.54) is 0 Å². The molecule has 0 aliphatic heterocycles. The van der Waals surface area contributed by atoms with Crippen molar-refractivity contribution in [3.63, 3.8) is 0 Å². The fraction of sp³-hybridized carbons (Fsp3) is 0.444. The number of rotatable bonds is 2. The highest BCUT2D eigenvalue weighted by atomic mass is 14.8. The minimum Gasteiger partial charge on any atom is -0.388 e. The number of nitrogens with zero attached hydrogens (tertiary/aromatic N) is 1. The Morgan fingerprint density at radius 3 is 2.73 bits per heavy atom. The van der Waals surface area contributed by atoms with E-state index in [1.807, 2.05) is 19.3 Å². The Kier molecular flexibility index (Phi) is 2.47. The summed E-state index contributed by atoms with van der Waals surface area (Å²) in [6.07, 6.45) is 1.83. The predicted octanol–water partition coefficient (Wildman–Crippen LogP) is 2.25. The van der Waals surface area contributed by atoms with Gasteiger partial charge in [-0.05, 0) is 18.1 Å². The fourth-order valence-electron chi connectivity index (χ4n) is 0.920. The quantitative estimate of drug-likeness (QED) is 0.699. The molecule has 0 bridgehead atoms. The number of aromatic nitrogens is 1. The molecule has 2 heteroatoms. The lowest BCUT2D eigenvalue weighted by molar-refractivity contribution is 0.823. The number of pyridine rings is 1. The molecule has 1 aromatic heterocycles. The van der Waals surface area contributed by atoms with Gasteiger partial charge in [-0.2, -0.15) is 0 Å². The lowest BCUT2D eigenvalue weighted by Gasteiger charge is -2.05. The maximum atomic E-state index is 4.25. The molecule has 0 aliphatic rings. The van der Waals surface area contributed by atoms with Gasteiger partial charge in [0.25, 0.3) is 0 Å². The Morgan fingerprint density at radius 1 is 1.45 bits per heavy atom. The third kappa shape index (κ3) is 1.93. The lowest BCUT2D eigenvalue weighted by Crippen LogP contribution is -1.94. The summed E-state index contributed by atoms with van der Waals surface area (Å²) in [6, 6.07) is 4.04. The molecule has 2 nitrogen and oxygen atoms in total. The van der Waals surface area contributed by atoms with E-state index in [-0.39, 0.29) is 0 Å². The Bertz CT molecular complexity index is 231. The van der Waals surface area contributed by atoms with E-state index in [2.05, 4.69) is 30.2 Å². The van der Waals surface area contributed by atoms with Crippen molar-refractivity contribution in [2.24, 2.45) is 0 Å². The summed E-state index contributed by atoms with van der Waals surface area (Å²) >= 11 is 0. The van der Waals surface area contributed by atoms with Gasteiger partial charge >= 0.3 is 0 Å². The molecule has 0 aromatic carbocycles. The van der Waals surface area contributed by atoms with E-state index >= 15 is 0 Å². The summed E-state index contributed by atoms with van der Waals surface area (Å²) in [7, 11) is 1.92. The first kappa shape index (κ1) is 8.05. The van der Waals surface area contributed by atoms with Gasteiger partial charge in [-0.1, -0.05) is 13.8 Å². The van der Waals surface area contributed by atoms with Crippen molar-refractivity contribution in [2.45, 2.75) is 19.8 Å². The number of hydrogen-bond donors (Lipinski definition) is 1. The van der Waals surface area contributed by atoms with Crippen LogP contribution in [0.2, 0.25) is 0 Å². The van der Waals surface area contributed by atoms with Crippen LogP contribution < -0.4 is 5.32 Å². The SMILES string of the molecule is CNc1ccnc(C(C)C)c1. The van der Waals surface area contributed by atoms with Crippen molar-refractivity contribution in [2.75, 3.05) is 12.4 Å². The molecule has 0 atom stereocenters. The molecule has 1 N–H and O–H groups in total. The van der Waals surface area contributed by atoms with Gasteiger partial charge in [0, 0.05) is 24.6 Å². The van der Waals surface area contributed by atoms with Crippen LogP contribution in [0.25, 0.3) is 0 Å². The predicted molar refractivity (Wildman–Crippen MR) is 47.9 cm³/mol. The molecule has 0 fully saturated rings. The minimum absolute atomic E-state index is 0.503. The van der Waals surface area contributed by atoms with Crippen LogP contribution >= 0.6 is 0 Å². The molecule has 0 saturated heterocycles. The number of anilines is 1. The normalized spacial score (nSPS) is 10.2. The van der Waals surface area contributed by atoms with Crippen LogP contribution in [0, 0.1) is 0 Å². The molecule has 0 aliphatic carbocycles. The zero-order valence-corrected chi connectivity index (χ0v) is 7.26. The van der Waals surface area contributed by atoms with Gasteiger partial charge in [0.1, 0.15) is 0 Å². The summed E-state index contributed by atoms with van der Waals surface area (Å²) in [6.45, 7) is 4.28. The lowest BCUT2D eigenvalue weighted by atomic mass is 10.1. The molecule has 0 amide bonds. The monoisotopic (exact) mass is 150 g/mol. The minimum atomic E-state index is 0.503. The smallest absolute Gasteiger partial charge is 0.0449 e. The molecule has 0 radical (unpaired) electrons. The highest BCUT2D eigenvalue weighted by Gasteiger charge is 1.99. The summed E-state index contributed by atoms with van der Waals surface area (Å²) in [5.74, 6) is 0.503. The second-order valence-corrected chi connectivity index (χ2v) is 2.87. The first-order valence-corrected chi connectivity index (χ1v) is 3.87. The molecule has 11 heavy (non-hydrogen) atoms. The van der Waals surface area contributed by atoms with E-state index in [0.29, 0.717) is 5.92 Å². The van der Waals surface area contributed by atoms with Gasteiger partial charge in [0.2, 0.25) is 0 Å². The molecule has 0 unspecified atom stereocenters. The van der Waals surface area contributed by atoms with Gasteiger partial charge in [0.15, 0.2) is 0 Å². The highest BCUT2D eigenvalue weighted by Crippen LogP contribution is 2.14. The van der Waals surface area contributed by atoms with Crippen molar-refractivity contribution < 1.29 is 0 Å². The molecule has 0 spiro atoms. The van der Waals surface area contributed by atoms with Gasteiger partial charge in [-0.25, -0.2) is 0 Å². The van der Waals surface area contributed by atoms with Crippen molar-refractivity contribution >= 4 is 5.69 Å². The van der Waals surface area contributed by atoms with Crippen LogP contribution in [0.3, 0.4) is 0 Å². The molecular weight excluding hydrogens is 136 g/mol. The van der Waals surface area contributed by atoms with Crippen molar-refractivity contribution in [1.29, 1.82) is 0 Å². The third-order valence-electron chi connectivity index (χ3n) is 1.66. The Labute approximate surface area is 67.7 Å². The van der Waals surface area contributed by atoms with Gasteiger partial charge in [-0.15, -0.1) is 0 Å². The van der Waals surface area contributed by atoms with E-state index in [1.54, 1.807) is 0 Å². The zero-order chi connectivity index (χ0) is 8.27. The largest absolute Gasteiger partial charge is 0.388 e. The molecule has 60 valence electrons. The first-order chi connectivity index (χ1) is 5.24. The van der Waals surface area contributed by atoms with Crippen LogP contribution in [0.5, 0.6) is 0 Å². The zero-order valence-electron chi connectivity index (χ0n) is 7.26. The van der Waals surface area contributed by atoms with Crippen molar-refractivity contribution in [3.05, 3.63) is 24.0 Å².